The van der Waals surface area contributed by atoms with Crippen molar-refractivity contribution in [1.29, 1.82) is 0 Å². The van der Waals surface area contributed by atoms with E-state index in [1.807, 2.05) is 61.7 Å². The third-order valence-electron chi connectivity index (χ3n) is 2.89. The molecule has 0 unspecified atom stereocenters. The standard InChI is InChI=1S/C17H19NO2S2/c1-3-20-13-8-10-14(11-9-13)22-12-17(19)18-15-6-4-5-7-16(15)21-2/h4-11H,3,12H2,1-2H3,(H,18,19). The van der Waals surface area contributed by atoms with Crippen molar-refractivity contribution in [3.8, 4) is 5.75 Å². The number of nitrogens with one attached hydrogen (secondary N) is 1. The third-order valence-corrected chi connectivity index (χ3v) is 4.69. The maximum absolute atomic E-state index is 12.1. The summed E-state index contributed by atoms with van der Waals surface area (Å²) in [6, 6.07) is 15.6. The fraction of sp³-hybridized carbons (Fsp3) is 0.235. The molecule has 0 atom stereocenters. The largest absolute Gasteiger partial charge is 0.494 e. The predicted molar refractivity (Wildman–Crippen MR) is 95.2 cm³/mol. The number of benzene rings is 2. The summed E-state index contributed by atoms with van der Waals surface area (Å²) in [5, 5.41) is 2.96. The second-order valence-corrected chi connectivity index (χ2v) is 6.34. The number of rotatable bonds is 7. The monoisotopic (exact) mass is 333 g/mol. The van der Waals surface area contributed by atoms with Crippen LogP contribution in [0.3, 0.4) is 0 Å². The topological polar surface area (TPSA) is 38.3 Å². The summed E-state index contributed by atoms with van der Waals surface area (Å²) < 4.78 is 5.40. The van der Waals surface area contributed by atoms with Crippen LogP contribution in [0.2, 0.25) is 0 Å². The third kappa shape index (κ3) is 5.00. The lowest BCUT2D eigenvalue weighted by Gasteiger charge is -2.09. The zero-order valence-corrected chi connectivity index (χ0v) is 14.3. The average molecular weight is 333 g/mol. The number of amides is 1. The average Bonchev–Trinajstić information content (AvgIpc) is 2.55. The molecule has 0 aliphatic carbocycles. The normalized spacial score (nSPS) is 10.3. The van der Waals surface area contributed by atoms with Crippen LogP contribution in [-0.4, -0.2) is 24.5 Å². The first kappa shape index (κ1) is 16.8. The zero-order valence-electron chi connectivity index (χ0n) is 12.7. The number of thioether (sulfide) groups is 2. The second kappa shape index (κ2) is 8.76. The molecule has 2 aromatic carbocycles. The molecule has 0 fully saturated rings. The Labute approximate surface area is 139 Å². The van der Waals surface area contributed by atoms with Gasteiger partial charge in [0.05, 0.1) is 18.0 Å². The molecule has 0 bridgehead atoms. The first-order chi connectivity index (χ1) is 10.7. The first-order valence-electron chi connectivity index (χ1n) is 7.01. The highest BCUT2D eigenvalue weighted by atomic mass is 32.2. The second-order valence-electron chi connectivity index (χ2n) is 4.44. The number of ether oxygens (including phenoxy) is 1. The molecule has 5 heteroatoms. The molecule has 22 heavy (non-hydrogen) atoms. The Balaban J connectivity index is 1.87. The van der Waals surface area contributed by atoms with Crippen LogP contribution < -0.4 is 10.1 Å². The van der Waals surface area contributed by atoms with E-state index in [-0.39, 0.29) is 5.91 Å². The lowest BCUT2D eigenvalue weighted by Crippen LogP contribution is -2.14. The summed E-state index contributed by atoms with van der Waals surface area (Å²) in [6.45, 7) is 2.61. The molecule has 3 nitrogen and oxygen atoms in total. The summed E-state index contributed by atoms with van der Waals surface area (Å²) in [5.41, 5.74) is 0.868. The van der Waals surface area contributed by atoms with E-state index in [4.69, 9.17) is 4.74 Å². The highest BCUT2D eigenvalue weighted by Gasteiger charge is 2.07. The lowest BCUT2D eigenvalue weighted by atomic mass is 10.3. The fourth-order valence-electron chi connectivity index (χ4n) is 1.88. The van der Waals surface area contributed by atoms with E-state index in [1.165, 1.54) is 11.8 Å². The van der Waals surface area contributed by atoms with Gasteiger partial charge >= 0.3 is 0 Å². The summed E-state index contributed by atoms with van der Waals surface area (Å²) in [7, 11) is 0. The molecule has 0 saturated heterocycles. The highest BCUT2D eigenvalue weighted by Crippen LogP contribution is 2.25. The van der Waals surface area contributed by atoms with Crippen molar-refractivity contribution in [2.45, 2.75) is 16.7 Å². The summed E-state index contributed by atoms with van der Waals surface area (Å²) in [6.07, 6.45) is 2.00. The van der Waals surface area contributed by atoms with E-state index in [9.17, 15) is 4.79 Å². The number of hydrogen-bond acceptors (Lipinski definition) is 4. The molecule has 2 aromatic rings. The van der Waals surface area contributed by atoms with Crippen molar-refractivity contribution in [3.63, 3.8) is 0 Å². The van der Waals surface area contributed by atoms with Gasteiger partial charge in [-0.15, -0.1) is 23.5 Å². The smallest absolute Gasteiger partial charge is 0.234 e. The van der Waals surface area contributed by atoms with E-state index in [0.29, 0.717) is 12.4 Å². The van der Waals surface area contributed by atoms with Crippen molar-refractivity contribution >= 4 is 35.1 Å². The van der Waals surface area contributed by atoms with Gasteiger partial charge in [0.2, 0.25) is 5.91 Å². The van der Waals surface area contributed by atoms with E-state index in [2.05, 4.69) is 5.32 Å². The molecule has 116 valence electrons. The van der Waals surface area contributed by atoms with E-state index in [0.717, 1.165) is 21.2 Å². The molecule has 0 radical (unpaired) electrons. The van der Waals surface area contributed by atoms with Gasteiger partial charge in [-0.1, -0.05) is 12.1 Å². The molecule has 2 rings (SSSR count). The Kier molecular flexibility index (Phi) is 6.68. The van der Waals surface area contributed by atoms with Gasteiger partial charge < -0.3 is 10.1 Å². The van der Waals surface area contributed by atoms with Crippen LogP contribution in [0.25, 0.3) is 0 Å². The van der Waals surface area contributed by atoms with Gasteiger partial charge in [-0.2, -0.15) is 0 Å². The van der Waals surface area contributed by atoms with Gasteiger partial charge in [0.15, 0.2) is 0 Å². The molecule has 0 spiro atoms. The van der Waals surface area contributed by atoms with Crippen LogP contribution in [0.4, 0.5) is 5.69 Å². The minimum absolute atomic E-state index is 0.000356. The maximum Gasteiger partial charge on any atom is 0.234 e. The van der Waals surface area contributed by atoms with Crippen molar-refractivity contribution < 1.29 is 9.53 Å². The highest BCUT2D eigenvalue weighted by molar-refractivity contribution is 8.00. The van der Waals surface area contributed by atoms with Gasteiger partial charge in [-0.05, 0) is 49.6 Å². The molecule has 0 aromatic heterocycles. The van der Waals surface area contributed by atoms with Gasteiger partial charge in [0.1, 0.15) is 5.75 Å². The summed E-state index contributed by atoms with van der Waals surface area (Å²) in [4.78, 5) is 14.2. The molecular formula is C17H19NO2S2. The number of anilines is 1. The van der Waals surface area contributed by atoms with E-state index in [1.54, 1.807) is 11.8 Å². The minimum atomic E-state index is 0.000356. The van der Waals surface area contributed by atoms with Crippen molar-refractivity contribution in [3.05, 3.63) is 48.5 Å². The van der Waals surface area contributed by atoms with Crippen molar-refractivity contribution in [2.75, 3.05) is 23.9 Å². The van der Waals surface area contributed by atoms with Crippen molar-refractivity contribution in [1.82, 2.24) is 0 Å². The SMILES string of the molecule is CCOc1ccc(SCC(=O)Nc2ccccc2SC)cc1. The quantitative estimate of drug-likeness (QED) is 0.755. The number of carbonyl (C=O) groups excluding carboxylic acids is 1. The van der Waals surface area contributed by atoms with Crippen LogP contribution in [0.5, 0.6) is 5.75 Å². The Morgan fingerprint density at radius 2 is 1.86 bits per heavy atom. The minimum Gasteiger partial charge on any atom is -0.494 e. The molecule has 0 aliphatic rings. The van der Waals surface area contributed by atoms with Crippen LogP contribution in [0.1, 0.15) is 6.92 Å². The lowest BCUT2D eigenvalue weighted by molar-refractivity contribution is -0.113. The van der Waals surface area contributed by atoms with E-state index < -0.39 is 0 Å². The number of para-hydroxylation sites is 1. The number of hydrogen-bond donors (Lipinski definition) is 1. The molecule has 0 heterocycles. The zero-order chi connectivity index (χ0) is 15.8. The summed E-state index contributed by atoms with van der Waals surface area (Å²) in [5.74, 6) is 1.24. The van der Waals surface area contributed by atoms with E-state index >= 15 is 0 Å². The van der Waals surface area contributed by atoms with Crippen LogP contribution in [-0.2, 0) is 4.79 Å². The van der Waals surface area contributed by atoms with Gasteiger partial charge in [-0.25, -0.2) is 0 Å². The molecule has 0 aliphatic heterocycles. The Bertz CT molecular complexity index is 614. The maximum atomic E-state index is 12.1. The molecular weight excluding hydrogens is 314 g/mol. The molecule has 1 amide bonds. The Morgan fingerprint density at radius 1 is 1.14 bits per heavy atom. The van der Waals surface area contributed by atoms with Crippen LogP contribution in [0, 0.1) is 0 Å². The van der Waals surface area contributed by atoms with Crippen LogP contribution >= 0.6 is 23.5 Å². The van der Waals surface area contributed by atoms with Gasteiger partial charge in [0.25, 0.3) is 0 Å². The van der Waals surface area contributed by atoms with Gasteiger partial charge in [0, 0.05) is 9.79 Å². The summed E-state index contributed by atoms with van der Waals surface area (Å²) >= 11 is 3.14. The Morgan fingerprint density at radius 3 is 2.55 bits per heavy atom. The molecule has 1 N–H and O–H groups in total. The van der Waals surface area contributed by atoms with Gasteiger partial charge in [-0.3, -0.25) is 4.79 Å². The van der Waals surface area contributed by atoms with Crippen molar-refractivity contribution in [2.24, 2.45) is 0 Å². The predicted octanol–water partition coefficient (Wildman–Crippen LogP) is 4.54. The number of carbonyl (C=O) groups is 1. The Hall–Kier alpha value is -1.59. The first-order valence-corrected chi connectivity index (χ1v) is 9.22. The van der Waals surface area contributed by atoms with Crippen LogP contribution in [0.15, 0.2) is 58.3 Å². The molecule has 0 saturated carbocycles. The fourth-order valence-corrected chi connectivity index (χ4v) is 3.13.